The van der Waals surface area contributed by atoms with Crippen LogP contribution < -0.4 is 14.9 Å². The Morgan fingerprint density at radius 2 is 1.25 bits per heavy atom. The molecule has 57 heavy (non-hydrogen) atoms. The van der Waals surface area contributed by atoms with Crippen LogP contribution in [-0.2, 0) is 29.5 Å². The number of halogens is 1. The molecule has 2 aliphatic heterocycles. The smallest absolute Gasteiger partial charge is 0.285 e. The molecule has 0 saturated carbocycles. The maximum Gasteiger partial charge on any atom is 0.285 e. The molecule has 2 heterocycles. The van der Waals surface area contributed by atoms with Crippen molar-refractivity contribution < 1.29 is 46.0 Å². The van der Waals surface area contributed by atoms with Gasteiger partial charge in [-0.05, 0) is 78.6 Å². The summed E-state index contributed by atoms with van der Waals surface area (Å²) >= 11 is 5.60. The fraction of sp³-hybridized carbons (Fsp3) is 0.263. The number of fused-ring (bicyclic) bond motifs is 2. The lowest BCUT2D eigenvalue weighted by molar-refractivity contribution is 0.187. The molecule has 2 aliphatic rings. The van der Waals surface area contributed by atoms with Crippen LogP contribution >= 0.6 is 11.6 Å². The summed E-state index contributed by atoms with van der Waals surface area (Å²) in [6.45, 7) is 2.40. The standard InChI is InChI=1S/C19H21N3O5S.C12H18N2O3.C7H4ClNO2S/c1-26-11-5-10-22(20-13-14-8-9-16(23)17(12-14)27-2)19-15-6-3-4-7-18(15)28(24,25)21-19;1-16-7-3-6-13-14-9-10-4-5-11(15)12(8-10)17-2;8-7-5-3-1-2-4-6(5)12(10,11)9-7/h3-4,6-9,12-13,23H,5,10-11H2,1-2H3;4-5,8-9,13,15H,3,6-7H2,1-2H3;1-4H/b20-13+;14-9+;. The van der Waals surface area contributed by atoms with Crippen LogP contribution in [0.2, 0.25) is 0 Å². The van der Waals surface area contributed by atoms with Gasteiger partial charge in [-0.25, -0.2) is 5.01 Å². The second-order valence-electron chi connectivity index (χ2n) is 11.8. The second kappa shape index (κ2) is 21.1. The van der Waals surface area contributed by atoms with Crippen molar-refractivity contribution in [2.75, 3.05) is 54.7 Å². The van der Waals surface area contributed by atoms with Crippen molar-refractivity contribution in [2.24, 2.45) is 19.0 Å². The van der Waals surface area contributed by atoms with Crippen LogP contribution in [0, 0.1) is 0 Å². The predicted molar refractivity (Wildman–Crippen MR) is 218 cm³/mol. The van der Waals surface area contributed by atoms with Gasteiger partial charge in [0.1, 0.15) is 4.90 Å². The molecule has 0 spiro atoms. The van der Waals surface area contributed by atoms with Gasteiger partial charge in [-0.1, -0.05) is 41.9 Å². The zero-order valence-electron chi connectivity index (χ0n) is 31.6. The Labute approximate surface area is 336 Å². The molecule has 0 unspecified atom stereocenters. The van der Waals surface area contributed by atoms with E-state index < -0.39 is 20.0 Å². The van der Waals surface area contributed by atoms with E-state index in [4.69, 9.17) is 30.5 Å². The summed E-state index contributed by atoms with van der Waals surface area (Å²) in [5, 5.41) is 29.2. The molecule has 6 rings (SSSR count). The highest BCUT2D eigenvalue weighted by Crippen LogP contribution is 2.30. The lowest BCUT2D eigenvalue weighted by Gasteiger charge is -2.18. The van der Waals surface area contributed by atoms with Crippen LogP contribution in [-0.4, -0.2) is 110 Å². The van der Waals surface area contributed by atoms with Gasteiger partial charge >= 0.3 is 0 Å². The number of rotatable bonds is 14. The molecule has 0 atom stereocenters. The number of ether oxygens (including phenoxy) is 4. The Morgan fingerprint density at radius 3 is 1.82 bits per heavy atom. The van der Waals surface area contributed by atoms with Crippen LogP contribution in [0.3, 0.4) is 0 Å². The zero-order valence-corrected chi connectivity index (χ0v) is 34.0. The molecule has 0 aromatic heterocycles. The Kier molecular flexibility index (Phi) is 16.4. The number of phenolic OH excluding ortho intramolecular Hbond substituents is 2. The van der Waals surface area contributed by atoms with E-state index in [2.05, 4.69) is 24.4 Å². The van der Waals surface area contributed by atoms with Crippen molar-refractivity contribution in [3.63, 3.8) is 0 Å². The fourth-order valence-corrected chi connectivity index (χ4v) is 7.88. The van der Waals surface area contributed by atoms with Gasteiger partial charge < -0.3 is 34.6 Å². The number of sulfonamides is 2. The van der Waals surface area contributed by atoms with E-state index in [1.807, 2.05) is 0 Å². The normalized spacial score (nSPS) is 14.3. The van der Waals surface area contributed by atoms with E-state index in [-0.39, 0.29) is 32.3 Å². The van der Waals surface area contributed by atoms with Crippen molar-refractivity contribution in [3.05, 3.63) is 107 Å². The number of benzene rings is 4. The Hall–Kier alpha value is -5.53. The second-order valence-corrected chi connectivity index (χ2v) is 15.3. The Bertz CT molecular complexity index is 2340. The van der Waals surface area contributed by atoms with Crippen molar-refractivity contribution in [1.82, 2.24) is 10.4 Å². The highest BCUT2D eigenvalue weighted by molar-refractivity contribution is 7.91. The van der Waals surface area contributed by atoms with Gasteiger partial charge in [0.15, 0.2) is 34.0 Å². The minimum Gasteiger partial charge on any atom is -0.504 e. The molecular weight excluding hydrogens is 800 g/mol. The molecular formula is C38H43ClN6O10S2. The molecule has 0 fully saturated rings. The number of hydrogen-bond donors (Lipinski definition) is 3. The average Bonchev–Trinajstić information content (AvgIpc) is 3.62. The molecule has 0 bridgehead atoms. The third kappa shape index (κ3) is 12.2. The van der Waals surface area contributed by atoms with Gasteiger partial charge in [0.2, 0.25) is 0 Å². The van der Waals surface area contributed by atoms with Crippen molar-refractivity contribution in [1.29, 1.82) is 0 Å². The maximum atomic E-state index is 12.4. The minimum absolute atomic E-state index is 0.0248. The summed E-state index contributed by atoms with van der Waals surface area (Å²) in [5.74, 6) is 1.18. The maximum absolute atomic E-state index is 12.4. The number of nitrogens with zero attached hydrogens (tertiary/aromatic N) is 5. The molecule has 304 valence electrons. The molecule has 4 aromatic carbocycles. The van der Waals surface area contributed by atoms with Gasteiger partial charge in [-0.3, -0.25) is 0 Å². The average molecular weight is 843 g/mol. The summed E-state index contributed by atoms with van der Waals surface area (Å²) in [5.41, 5.74) is 5.45. The topological polar surface area (TPSA) is 210 Å². The van der Waals surface area contributed by atoms with Crippen LogP contribution in [0.1, 0.15) is 35.1 Å². The number of hydrogen-bond acceptors (Lipinski definition) is 14. The van der Waals surface area contributed by atoms with Crippen molar-refractivity contribution in [2.45, 2.75) is 22.6 Å². The first-order chi connectivity index (χ1) is 27.3. The first kappa shape index (κ1) is 44.2. The van der Waals surface area contributed by atoms with E-state index in [1.54, 1.807) is 98.4 Å². The highest BCUT2D eigenvalue weighted by Gasteiger charge is 2.31. The third-order valence-corrected chi connectivity index (χ3v) is 10.9. The molecule has 0 aliphatic carbocycles. The van der Waals surface area contributed by atoms with Crippen LogP contribution in [0.15, 0.2) is 114 Å². The molecule has 4 aromatic rings. The number of phenols is 2. The van der Waals surface area contributed by atoms with E-state index in [1.165, 1.54) is 32.4 Å². The Morgan fingerprint density at radius 1 is 0.719 bits per heavy atom. The third-order valence-electron chi connectivity index (χ3n) is 7.86. The van der Waals surface area contributed by atoms with E-state index >= 15 is 0 Å². The van der Waals surface area contributed by atoms with Crippen LogP contribution in [0.5, 0.6) is 23.0 Å². The molecule has 0 amide bonds. The van der Waals surface area contributed by atoms with Gasteiger partial charge in [-0.15, -0.1) is 8.80 Å². The Balaban J connectivity index is 0.000000210. The summed E-state index contributed by atoms with van der Waals surface area (Å²) in [6, 6.07) is 23.0. The predicted octanol–water partition coefficient (Wildman–Crippen LogP) is 4.96. The largest absolute Gasteiger partial charge is 0.504 e. The molecule has 19 heteroatoms. The van der Waals surface area contributed by atoms with Gasteiger partial charge in [-0.2, -0.15) is 27.0 Å². The molecule has 16 nitrogen and oxygen atoms in total. The van der Waals surface area contributed by atoms with E-state index in [9.17, 15) is 27.0 Å². The molecule has 3 N–H and O–H groups in total. The molecule has 0 radical (unpaired) electrons. The summed E-state index contributed by atoms with van der Waals surface area (Å²) < 4.78 is 74.5. The van der Waals surface area contributed by atoms with Gasteiger partial charge in [0.05, 0.1) is 31.5 Å². The SMILES string of the molecule is COCCCN(/N=C/c1ccc(O)c(OC)c1)C1=NS(=O)(=O)c2ccccc21.COCCCN/N=C/c1ccc(O)c(OC)c1.O=S1(=O)N=C(Cl)c2ccccc21. The molecule has 0 saturated heterocycles. The summed E-state index contributed by atoms with van der Waals surface area (Å²) in [6.07, 6.45) is 4.78. The number of hydrazone groups is 2. The van der Waals surface area contributed by atoms with E-state index in [0.29, 0.717) is 47.8 Å². The lowest BCUT2D eigenvalue weighted by Crippen LogP contribution is -2.27. The van der Waals surface area contributed by atoms with E-state index in [0.717, 1.165) is 25.1 Å². The minimum atomic E-state index is -3.74. The van der Waals surface area contributed by atoms with Crippen LogP contribution in [0.25, 0.3) is 0 Å². The first-order valence-electron chi connectivity index (χ1n) is 17.2. The number of methoxy groups -OCH3 is 4. The van der Waals surface area contributed by atoms with Crippen molar-refractivity contribution >= 4 is 55.1 Å². The summed E-state index contributed by atoms with van der Waals surface area (Å²) in [7, 11) is -0.994. The number of nitrogens with one attached hydrogen (secondary N) is 1. The quantitative estimate of drug-likeness (QED) is 0.0875. The van der Waals surface area contributed by atoms with Crippen molar-refractivity contribution in [3.8, 4) is 23.0 Å². The van der Waals surface area contributed by atoms with Crippen LogP contribution in [0.4, 0.5) is 0 Å². The monoisotopic (exact) mass is 842 g/mol. The lowest BCUT2D eigenvalue weighted by atomic mass is 10.2. The highest BCUT2D eigenvalue weighted by atomic mass is 35.5. The first-order valence-corrected chi connectivity index (χ1v) is 20.4. The van der Waals surface area contributed by atoms with Gasteiger partial charge in [0.25, 0.3) is 20.0 Å². The fourth-order valence-electron chi connectivity index (χ4n) is 5.08. The number of amidine groups is 1. The number of aromatic hydroxyl groups is 2. The summed E-state index contributed by atoms with van der Waals surface area (Å²) in [4.78, 5) is 0.359. The zero-order chi connectivity index (χ0) is 41.4. The van der Waals surface area contributed by atoms with Gasteiger partial charge in [0, 0.05) is 51.6 Å².